The van der Waals surface area contributed by atoms with Crippen molar-refractivity contribution in [2.45, 2.75) is 32.4 Å². The van der Waals surface area contributed by atoms with Crippen LogP contribution in [0.15, 0.2) is 12.5 Å². The van der Waals surface area contributed by atoms with Gasteiger partial charge in [0, 0.05) is 6.04 Å². The van der Waals surface area contributed by atoms with Gasteiger partial charge in [0.25, 0.3) is 0 Å². The van der Waals surface area contributed by atoms with Crippen molar-refractivity contribution in [1.82, 2.24) is 14.9 Å². The van der Waals surface area contributed by atoms with Crippen molar-refractivity contribution in [3.8, 4) is 0 Å². The van der Waals surface area contributed by atoms with Gasteiger partial charge in [-0.2, -0.15) is 0 Å². The first-order valence-electron chi connectivity index (χ1n) is 4.99. The number of rotatable bonds is 6. The maximum atomic E-state index is 10.7. The Hall–Kier alpha value is -1.85. The lowest BCUT2D eigenvalue weighted by molar-refractivity contribution is -0.137. The summed E-state index contributed by atoms with van der Waals surface area (Å²) in [7, 11) is 0. The SMILES string of the molecule is CC(C)n1cncc1[C@@H](CC(=O)O)NC=O. The van der Waals surface area contributed by atoms with E-state index in [0.717, 1.165) is 0 Å². The third kappa shape index (κ3) is 2.82. The van der Waals surface area contributed by atoms with Crippen molar-refractivity contribution in [1.29, 1.82) is 0 Å². The lowest BCUT2D eigenvalue weighted by Gasteiger charge is -2.18. The third-order valence-electron chi connectivity index (χ3n) is 2.26. The molecule has 0 saturated carbocycles. The molecule has 0 aromatic carbocycles. The summed E-state index contributed by atoms with van der Waals surface area (Å²) in [5, 5.41) is 11.2. The van der Waals surface area contributed by atoms with Gasteiger partial charge in [0.1, 0.15) is 0 Å². The minimum atomic E-state index is -0.962. The maximum absolute atomic E-state index is 10.7. The van der Waals surface area contributed by atoms with Crippen LogP contribution in [0.1, 0.15) is 38.0 Å². The van der Waals surface area contributed by atoms with Crippen LogP contribution in [0, 0.1) is 0 Å². The van der Waals surface area contributed by atoms with Crippen molar-refractivity contribution >= 4 is 12.4 Å². The number of nitrogens with one attached hydrogen (secondary N) is 1. The summed E-state index contributed by atoms with van der Waals surface area (Å²) in [6.45, 7) is 3.92. The van der Waals surface area contributed by atoms with Crippen molar-refractivity contribution in [2.75, 3.05) is 0 Å². The van der Waals surface area contributed by atoms with Gasteiger partial charge in [-0.05, 0) is 13.8 Å². The number of hydrogen-bond donors (Lipinski definition) is 2. The van der Waals surface area contributed by atoms with Crippen LogP contribution in [-0.4, -0.2) is 27.0 Å². The largest absolute Gasteiger partial charge is 0.481 e. The lowest BCUT2D eigenvalue weighted by Crippen LogP contribution is -2.25. The molecule has 1 amide bonds. The fraction of sp³-hybridized carbons (Fsp3) is 0.500. The van der Waals surface area contributed by atoms with Crippen LogP contribution < -0.4 is 5.32 Å². The number of hydrogen-bond acceptors (Lipinski definition) is 3. The predicted molar refractivity (Wildman–Crippen MR) is 56.8 cm³/mol. The highest BCUT2D eigenvalue weighted by atomic mass is 16.4. The number of carbonyl (C=O) groups excluding carboxylic acids is 1. The molecule has 1 rings (SSSR count). The van der Waals surface area contributed by atoms with Gasteiger partial charge in [-0.15, -0.1) is 0 Å². The fourth-order valence-corrected chi connectivity index (χ4v) is 1.52. The smallest absolute Gasteiger partial charge is 0.305 e. The molecular formula is C10H15N3O3. The molecule has 0 saturated heterocycles. The molecule has 0 aliphatic heterocycles. The third-order valence-corrected chi connectivity index (χ3v) is 2.26. The summed E-state index contributed by atoms with van der Waals surface area (Å²) in [6, 6.07) is -0.373. The van der Waals surface area contributed by atoms with Gasteiger partial charge in [-0.25, -0.2) is 4.98 Å². The monoisotopic (exact) mass is 225 g/mol. The van der Waals surface area contributed by atoms with Gasteiger partial charge >= 0.3 is 5.97 Å². The first kappa shape index (κ1) is 12.2. The second kappa shape index (κ2) is 5.29. The molecule has 0 bridgehead atoms. The molecule has 2 N–H and O–H groups in total. The second-order valence-corrected chi connectivity index (χ2v) is 3.75. The minimum Gasteiger partial charge on any atom is -0.481 e. The number of carbonyl (C=O) groups is 2. The van der Waals surface area contributed by atoms with Crippen LogP contribution in [-0.2, 0) is 9.59 Å². The maximum Gasteiger partial charge on any atom is 0.305 e. The van der Waals surface area contributed by atoms with E-state index in [4.69, 9.17) is 5.11 Å². The van der Waals surface area contributed by atoms with Crippen LogP contribution in [0.3, 0.4) is 0 Å². The van der Waals surface area contributed by atoms with Crippen molar-refractivity contribution in [3.05, 3.63) is 18.2 Å². The lowest BCUT2D eigenvalue weighted by atomic mass is 10.1. The van der Waals surface area contributed by atoms with E-state index in [2.05, 4.69) is 10.3 Å². The average Bonchev–Trinajstić information content (AvgIpc) is 2.64. The molecule has 1 aromatic rings. The van der Waals surface area contributed by atoms with Crippen LogP contribution in [0.2, 0.25) is 0 Å². The molecule has 1 atom stereocenters. The second-order valence-electron chi connectivity index (χ2n) is 3.75. The quantitative estimate of drug-likeness (QED) is 0.699. The summed E-state index contributed by atoms with van der Waals surface area (Å²) in [6.07, 6.45) is 3.55. The van der Waals surface area contributed by atoms with Gasteiger partial charge < -0.3 is 15.0 Å². The Balaban J connectivity index is 2.95. The molecular weight excluding hydrogens is 210 g/mol. The van der Waals surface area contributed by atoms with Crippen LogP contribution in [0.5, 0.6) is 0 Å². The van der Waals surface area contributed by atoms with E-state index in [1.54, 1.807) is 12.5 Å². The van der Waals surface area contributed by atoms with E-state index in [1.165, 1.54) is 0 Å². The molecule has 1 aromatic heterocycles. The van der Waals surface area contributed by atoms with Crippen molar-refractivity contribution in [3.63, 3.8) is 0 Å². The van der Waals surface area contributed by atoms with Crippen LogP contribution >= 0.6 is 0 Å². The molecule has 6 heteroatoms. The summed E-state index contributed by atoms with van der Waals surface area (Å²) in [4.78, 5) is 25.1. The van der Waals surface area contributed by atoms with Crippen LogP contribution in [0.25, 0.3) is 0 Å². The van der Waals surface area contributed by atoms with Gasteiger partial charge in [-0.1, -0.05) is 0 Å². The van der Waals surface area contributed by atoms with E-state index < -0.39 is 12.0 Å². The Morgan fingerprint density at radius 1 is 1.69 bits per heavy atom. The van der Waals surface area contributed by atoms with Crippen molar-refractivity contribution in [2.24, 2.45) is 0 Å². The molecule has 6 nitrogen and oxygen atoms in total. The summed E-state index contributed by atoms with van der Waals surface area (Å²) >= 11 is 0. The first-order valence-corrected chi connectivity index (χ1v) is 4.99. The molecule has 16 heavy (non-hydrogen) atoms. The molecule has 88 valence electrons. The molecule has 0 spiro atoms. The van der Waals surface area contributed by atoms with Gasteiger partial charge in [0.05, 0.1) is 30.7 Å². The molecule has 0 radical (unpaired) electrons. The van der Waals surface area contributed by atoms with Gasteiger partial charge in [0.15, 0.2) is 0 Å². The number of aromatic nitrogens is 2. The number of carboxylic acid groups (broad SMARTS) is 1. The van der Waals surface area contributed by atoms with E-state index in [-0.39, 0.29) is 12.5 Å². The zero-order chi connectivity index (χ0) is 12.1. The van der Waals surface area contributed by atoms with Gasteiger partial charge in [0.2, 0.25) is 6.41 Å². The van der Waals surface area contributed by atoms with Crippen LogP contribution in [0.4, 0.5) is 0 Å². The fourth-order valence-electron chi connectivity index (χ4n) is 1.52. The Morgan fingerprint density at radius 3 is 2.88 bits per heavy atom. The Bertz CT molecular complexity index is 373. The molecule has 0 aliphatic carbocycles. The Kier molecular flexibility index (Phi) is 4.04. The summed E-state index contributed by atoms with van der Waals surface area (Å²) < 4.78 is 1.84. The van der Waals surface area contributed by atoms with Gasteiger partial charge in [-0.3, -0.25) is 9.59 Å². The highest BCUT2D eigenvalue weighted by Gasteiger charge is 2.19. The van der Waals surface area contributed by atoms with E-state index in [9.17, 15) is 9.59 Å². The first-order chi connectivity index (χ1) is 7.56. The molecule has 0 fully saturated rings. The number of amides is 1. The normalized spacial score (nSPS) is 12.4. The minimum absolute atomic E-state index is 0.156. The summed E-state index contributed by atoms with van der Waals surface area (Å²) in [5.74, 6) is -0.962. The average molecular weight is 225 g/mol. The number of carboxylic acids is 1. The highest BCUT2D eigenvalue weighted by Crippen LogP contribution is 2.19. The number of nitrogens with zero attached hydrogens (tertiary/aromatic N) is 2. The predicted octanol–water partition coefficient (Wildman–Crippen LogP) is 0.726. The van der Waals surface area contributed by atoms with Crippen molar-refractivity contribution < 1.29 is 14.7 Å². The molecule has 0 unspecified atom stereocenters. The number of imidazole rings is 1. The van der Waals surface area contributed by atoms with E-state index in [1.807, 2.05) is 18.4 Å². The highest BCUT2D eigenvalue weighted by molar-refractivity contribution is 5.68. The molecule has 0 aliphatic rings. The van der Waals surface area contributed by atoms with E-state index in [0.29, 0.717) is 12.1 Å². The molecule has 1 heterocycles. The summed E-state index contributed by atoms with van der Waals surface area (Å²) in [5.41, 5.74) is 0.699. The number of aliphatic carboxylic acids is 1. The Labute approximate surface area is 93.3 Å². The standard InChI is InChI=1S/C10H15N3O3/c1-7(2)13-5-11-4-9(13)8(12-6-14)3-10(15)16/h4-8H,3H2,1-2H3,(H,12,14)(H,15,16)/t8-/m1/s1. The topological polar surface area (TPSA) is 84.2 Å². The zero-order valence-electron chi connectivity index (χ0n) is 9.25. The van der Waals surface area contributed by atoms with E-state index >= 15 is 0 Å². The Morgan fingerprint density at radius 2 is 2.38 bits per heavy atom. The zero-order valence-corrected chi connectivity index (χ0v) is 9.25.